The van der Waals surface area contributed by atoms with Crippen molar-refractivity contribution in [3.8, 4) is 5.75 Å². The molecule has 0 spiro atoms. The van der Waals surface area contributed by atoms with Crippen LogP contribution < -0.4 is 15.8 Å². The van der Waals surface area contributed by atoms with Crippen LogP contribution in [0.4, 0.5) is 17.1 Å². The van der Waals surface area contributed by atoms with Crippen LogP contribution in [-0.4, -0.2) is 6.10 Å². The lowest BCUT2D eigenvalue weighted by atomic mass is 10.1. The van der Waals surface area contributed by atoms with E-state index in [-0.39, 0.29) is 6.10 Å². The fourth-order valence-corrected chi connectivity index (χ4v) is 1.95. The van der Waals surface area contributed by atoms with Gasteiger partial charge in [0.05, 0.1) is 6.10 Å². The lowest BCUT2D eigenvalue weighted by molar-refractivity contribution is 0.217. The summed E-state index contributed by atoms with van der Waals surface area (Å²) in [4.78, 5) is 0. The molecule has 3 N–H and O–H groups in total. The van der Waals surface area contributed by atoms with Crippen LogP contribution >= 0.6 is 0 Å². The lowest BCUT2D eigenvalue weighted by Gasteiger charge is -2.15. The first-order valence-corrected chi connectivity index (χ1v) is 6.98. The second-order valence-corrected chi connectivity index (χ2v) is 5.06. The Labute approximate surface area is 120 Å². The number of hydrogen-bond donors (Lipinski definition) is 2. The van der Waals surface area contributed by atoms with Crippen molar-refractivity contribution >= 4 is 17.1 Å². The van der Waals surface area contributed by atoms with Crippen LogP contribution in [0.25, 0.3) is 0 Å². The van der Waals surface area contributed by atoms with Crippen molar-refractivity contribution < 1.29 is 4.74 Å². The smallest absolute Gasteiger partial charge is 0.121 e. The molecule has 20 heavy (non-hydrogen) atoms. The third-order valence-corrected chi connectivity index (χ3v) is 3.28. The van der Waals surface area contributed by atoms with Crippen molar-refractivity contribution in [1.82, 2.24) is 0 Å². The molecular formula is C17H22N2O. The third kappa shape index (κ3) is 3.67. The zero-order valence-corrected chi connectivity index (χ0v) is 12.3. The predicted molar refractivity (Wildman–Crippen MR) is 85.7 cm³/mol. The summed E-state index contributed by atoms with van der Waals surface area (Å²) in [6, 6.07) is 13.9. The Kier molecular flexibility index (Phi) is 4.51. The minimum absolute atomic E-state index is 0.225. The first kappa shape index (κ1) is 14.3. The standard InChI is InChI=1S/C17H22N2O/c1-4-13(3)20-16-7-5-6-15(11-16)19-17-9-8-14(18)10-12(17)2/h5-11,13,19H,4,18H2,1-3H3. The van der Waals surface area contributed by atoms with E-state index in [1.807, 2.05) is 49.4 Å². The molecule has 0 heterocycles. The molecule has 0 aromatic heterocycles. The minimum Gasteiger partial charge on any atom is -0.491 e. The molecule has 2 aromatic carbocycles. The lowest BCUT2D eigenvalue weighted by Crippen LogP contribution is -2.09. The highest BCUT2D eigenvalue weighted by atomic mass is 16.5. The highest BCUT2D eigenvalue weighted by Gasteiger charge is 2.03. The molecular weight excluding hydrogens is 248 g/mol. The molecule has 3 heteroatoms. The van der Waals surface area contributed by atoms with Crippen LogP contribution in [0, 0.1) is 6.92 Å². The average molecular weight is 270 g/mol. The van der Waals surface area contributed by atoms with Crippen molar-refractivity contribution in [2.45, 2.75) is 33.3 Å². The molecule has 2 rings (SSSR count). The van der Waals surface area contributed by atoms with Gasteiger partial charge in [0.1, 0.15) is 5.75 Å². The fraction of sp³-hybridized carbons (Fsp3) is 0.294. The first-order valence-electron chi connectivity index (χ1n) is 6.98. The van der Waals surface area contributed by atoms with E-state index in [1.165, 1.54) is 0 Å². The van der Waals surface area contributed by atoms with E-state index in [4.69, 9.17) is 10.5 Å². The number of benzene rings is 2. The summed E-state index contributed by atoms with van der Waals surface area (Å²) in [6.45, 7) is 6.23. The summed E-state index contributed by atoms with van der Waals surface area (Å²) >= 11 is 0. The number of hydrogen-bond acceptors (Lipinski definition) is 3. The van der Waals surface area contributed by atoms with Crippen LogP contribution in [-0.2, 0) is 0 Å². The van der Waals surface area contributed by atoms with E-state index in [2.05, 4.69) is 19.2 Å². The Morgan fingerprint density at radius 2 is 2.00 bits per heavy atom. The van der Waals surface area contributed by atoms with Crippen LogP contribution in [0.3, 0.4) is 0 Å². The van der Waals surface area contributed by atoms with Crippen LogP contribution in [0.5, 0.6) is 5.75 Å². The Balaban J connectivity index is 2.15. The maximum atomic E-state index is 5.83. The molecule has 0 amide bonds. The molecule has 0 fully saturated rings. The number of aryl methyl sites for hydroxylation is 1. The molecule has 0 saturated carbocycles. The summed E-state index contributed by atoms with van der Waals surface area (Å²) in [7, 11) is 0. The maximum Gasteiger partial charge on any atom is 0.121 e. The van der Waals surface area contributed by atoms with Crippen molar-refractivity contribution in [3.05, 3.63) is 48.0 Å². The van der Waals surface area contributed by atoms with Crippen molar-refractivity contribution in [2.24, 2.45) is 0 Å². The van der Waals surface area contributed by atoms with E-state index in [0.29, 0.717) is 0 Å². The zero-order chi connectivity index (χ0) is 14.5. The van der Waals surface area contributed by atoms with Crippen LogP contribution in [0.15, 0.2) is 42.5 Å². The van der Waals surface area contributed by atoms with Gasteiger partial charge in [0.15, 0.2) is 0 Å². The minimum atomic E-state index is 0.225. The SMILES string of the molecule is CCC(C)Oc1cccc(Nc2ccc(N)cc2C)c1. The maximum absolute atomic E-state index is 5.83. The van der Waals surface area contributed by atoms with Crippen LogP contribution in [0.1, 0.15) is 25.8 Å². The Bertz CT molecular complexity index is 581. The van der Waals surface area contributed by atoms with Crippen molar-refractivity contribution in [1.29, 1.82) is 0 Å². The molecule has 0 bridgehead atoms. The van der Waals surface area contributed by atoms with Gasteiger partial charge in [-0.2, -0.15) is 0 Å². The van der Waals surface area contributed by atoms with Gasteiger partial charge in [-0.1, -0.05) is 13.0 Å². The second kappa shape index (κ2) is 6.33. The number of nitrogens with two attached hydrogens (primary N) is 1. The van der Waals surface area contributed by atoms with E-state index in [9.17, 15) is 0 Å². The van der Waals surface area contributed by atoms with Gasteiger partial charge in [-0.3, -0.25) is 0 Å². The number of rotatable bonds is 5. The molecule has 1 unspecified atom stereocenters. The summed E-state index contributed by atoms with van der Waals surface area (Å²) in [5, 5.41) is 3.40. The fourth-order valence-electron chi connectivity index (χ4n) is 1.95. The quantitative estimate of drug-likeness (QED) is 0.786. The van der Waals surface area contributed by atoms with E-state index < -0.39 is 0 Å². The zero-order valence-electron chi connectivity index (χ0n) is 12.3. The first-order chi connectivity index (χ1) is 9.58. The summed E-state index contributed by atoms with van der Waals surface area (Å²) in [5.41, 5.74) is 9.74. The summed E-state index contributed by atoms with van der Waals surface area (Å²) < 4.78 is 5.83. The van der Waals surface area contributed by atoms with E-state index in [0.717, 1.165) is 34.8 Å². The van der Waals surface area contributed by atoms with Gasteiger partial charge in [0, 0.05) is 23.1 Å². The van der Waals surface area contributed by atoms with Crippen molar-refractivity contribution in [3.63, 3.8) is 0 Å². The third-order valence-electron chi connectivity index (χ3n) is 3.28. The summed E-state index contributed by atoms with van der Waals surface area (Å²) in [5.74, 6) is 0.887. The Morgan fingerprint density at radius 1 is 1.20 bits per heavy atom. The molecule has 0 saturated heterocycles. The monoisotopic (exact) mass is 270 g/mol. The Hall–Kier alpha value is -2.16. The largest absolute Gasteiger partial charge is 0.491 e. The molecule has 106 valence electrons. The highest BCUT2D eigenvalue weighted by Crippen LogP contribution is 2.25. The molecule has 3 nitrogen and oxygen atoms in total. The van der Waals surface area contributed by atoms with Gasteiger partial charge in [-0.15, -0.1) is 0 Å². The van der Waals surface area contributed by atoms with Gasteiger partial charge < -0.3 is 15.8 Å². The number of ether oxygens (including phenoxy) is 1. The number of nitrogens with one attached hydrogen (secondary N) is 1. The second-order valence-electron chi connectivity index (χ2n) is 5.06. The Morgan fingerprint density at radius 3 is 2.70 bits per heavy atom. The van der Waals surface area contributed by atoms with E-state index in [1.54, 1.807) is 0 Å². The molecule has 0 radical (unpaired) electrons. The van der Waals surface area contributed by atoms with Gasteiger partial charge in [0.25, 0.3) is 0 Å². The predicted octanol–water partition coefficient (Wildman–Crippen LogP) is 4.50. The molecule has 1 atom stereocenters. The number of nitrogen functional groups attached to an aromatic ring is 1. The molecule has 2 aromatic rings. The van der Waals surface area contributed by atoms with Crippen molar-refractivity contribution in [2.75, 3.05) is 11.1 Å². The number of anilines is 3. The van der Waals surface area contributed by atoms with Gasteiger partial charge in [-0.25, -0.2) is 0 Å². The van der Waals surface area contributed by atoms with Gasteiger partial charge >= 0.3 is 0 Å². The highest BCUT2D eigenvalue weighted by molar-refractivity contribution is 5.66. The van der Waals surface area contributed by atoms with Gasteiger partial charge in [-0.05, 0) is 56.2 Å². The molecule has 0 aliphatic rings. The summed E-state index contributed by atoms with van der Waals surface area (Å²) in [6.07, 6.45) is 1.22. The molecule has 0 aliphatic carbocycles. The van der Waals surface area contributed by atoms with Gasteiger partial charge in [0.2, 0.25) is 0 Å². The van der Waals surface area contributed by atoms with Crippen LogP contribution in [0.2, 0.25) is 0 Å². The average Bonchev–Trinajstić information content (AvgIpc) is 2.42. The van der Waals surface area contributed by atoms with E-state index >= 15 is 0 Å². The normalized spacial score (nSPS) is 11.9. The topological polar surface area (TPSA) is 47.3 Å². The molecule has 0 aliphatic heterocycles.